The Morgan fingerprint density at radius 2 is 2.03 bits per heavy atom. The molecular formula is C23H25FN4O2S. The van der Waals surface area contributed by atoms with E-state index in [0.717, 1.165) is 4.88 Å². The molecule has 8 heteroatoms. The molecule has 0 saturated carbocycles. The third kappa shape index (κ3) is 4.12. The van der Waals surface area contributed by atoms with Gasteiger partial charge in [-0.3, -0.25) is 14.3 Å². The number of hydrogen-bond acceptors (Lipinski definition) is 4. The number of nitrogens with zero attached hydrogens (tertiary/aromatic N) is 3. The predicted molar refractivity (Wildman–Crippen MR) is 118 cm³/mol. The first-order valence-corrected chi connectivity index (χ1v) is 11.0. The van der Waals surface area contributed by atoms with Crippen LogP contribution in [-0.4, -0.2) is 37.6 Å². The SMILES string of the molecule is CC(C)(C)NC(=O)C1(C)Cn2nc(-c3cccs3)cc2C(=O)N1Cc1cccc(F)c1. The average Bonchev–Trinajstić information content (AvgIpc) is 3.33. The number of rotatable bonds is 4. The number of hydrogen-bond donors (Lipinski definition) is 1. The molecule has 1 aliphatic rings. The van der Waals surface area contributed by atoms with Gasteiger partial charge in [-0.15, -0.1) is 11.3 Å². The topological polar surface area (TPSA) is 67.2 Å². The maximum Gasteiger partial charge on any atom is 0.273 e. The van der Waals surface area contributed by atoms with E-state index in [1.165, 1.54) is 28.4 Å². The summed E-state index contributed by atoms with van der Waals surface area (Å²) < 4.78 is 15.4. The number of carbonyl (C=O) groups is 2. The minimum atomic E-state index is -1.19. The van der Waals surface area contributed by atoms with E-state index in [9.17, 15) is 14.0 Å². The first-order valence-electron chi connectivity index (χ1n) is 10.1. The van der Waals surface area contributed by atoms with Crippen molar-refractivity contribution in [3.63, 3.8) is 0 Å². The molecule has 1 unspecified atom stereocenters. The molecule has 1 aromatic carbocycles. The fraction of sp³-hybridized carbons (Fsp3) is 0.348. The van der Waals surface area contributed by atoms with Crippen LogP contribution in [0.5, 0.6) is 0 Å². The first-order chi connectivity index (χ1) is 14.6. The minimum Gasteiger partial charge on any atom is -0.349 e. The molecule has 1 N–H and O–H groups in total. The van der Waals surface area contributed by atoms with Crippen molar-refractivity contribution in [3.05, 3.63) is 64.9 Å². The van der Waals surface area contributed by atoms with Gasteiger partial charge in [0.15, 0.2) is 0 Å². The summed E-state index contributed by atoms with van der Waals surface area (Å²) in [5, 5.41) is 9.56. The van der Waals surface area contributed by atoms with E-state index in [-0.39, 0.29) is 30.7 Å². The van der Waals surface area contributed by atoms with Gasteiger partial charge in [0.25, 0.3) is 5.91 Å². The lowest BCUT2D eigenvalue weighted by Crippen LogP contribution is -2.65. The quantitative estimate of drug-likeness (QED) is 0.665. The summed E-state index contributed by atoms with van der Waals surface area (Å²) in [5.74, 6) is -0.964. The summed E-state index contributed by atoms with van der Waals surface area (Å²) in [6.45, 7) is 7.74. The van der Waals surface area contributed by atoms with Crippen molar-refractivity contribution in [2.45, 2.75) is 51.9 Å². The van der Waals surface area contributed by atoms with Crippen LogP contribution in [0.15, 0.2) is 47.8 Å². The molecule has 0 radical (unpaired) electrons. The fourth-order valence-electron chi connectivity index (χ4n) is 3.73. The Hall–Kier alpha value is -3.00. The molecule has 2 amide bonds. The maximum absolute atomic E-state index is 13.8. The second-order valence-electron chi connectivity index (χ2n) is 9.05. The van der Waals surface area contributed by atoms with Crippen LogP contribution in [0.4, 0.5) is 4.39 Å². The molecule has 3 aromatic rings. The molecule has 3 heterocycles. The van der Waals surface area contributed by atoms with E-state index in [1.807, 2.05) is 38.3 Å². The van der Waals surface area contributed by atoms with Gasteiger partial charge in [0.1, 0.15) is 22.7 Å². The van der Waals surface area contributed by atoms with Crippen molar-refractivity contribution in [1.29, 1.82) is 0 Å². The molecule has 6 nitrogen and oxygen atoms in total. The molecule has 0 aliphatic carbocycles. The Labute approximate surface area is 184 Å². The number of fused-ring (bicyclic) bond motifs is 1. The molecule has 0 fully saturated rings. The van der Waals surface area contributed by atoms with Crippen molar-refractivity contribution in [1.82, 2.24) is 20.0 Å². The van der Waals surface area contributed by atoms with E-state index in [0.29, 0.717) is 17.0 Å². The highest BCUT2D eigenvalue weighted by molar-refractivity contribution is 7.13. The van der Waals surface area contributed by atoms with Crippen LogP contribution < -0.4 is 5.32 Å². The normalized spacial score (nSPS) is 18.7. The number of aromatic nitrogens is 2. The Kier molecular flexibility index (Phi) is 5.21. The second kappa shape index (κ2) is 7.60. The molecule has 0 bridgehead atoms. The molecule has 162 valence electrons. The van der Waals surface area contributed by atoms with Crippen LogP contribution in [0.1, 0.15) is 43.7 Å². The van der Waals surface area contributed by atoms with E-state index < -0.39 is 11.1 Å². The van der Waals surface area contributed by atoms with E-state index in [2.05, 4.69) is 10.4 Å². The van der Waals surface area contributed by atoms with Gasteiger partial charge in [0.2, 0.25) is 5.91 Å². The van der Waals surface area contributed by atoms with Gasteiger partial charge >= 0.3 is 0 Å². The molecule has 2 aromatic heterocycles. The van der Waals surface area contributed by atoms with E-state index in [4.69, 9.17) is 0 Å². The summed E-state index contributed by atoms with van der Waals surface area (Å²) >= 11 is 1.54. The zero-order chi connectivity index (χ0) is 22.4. The van der Waals surface area contributed by atoms with Crippen LogP contribution in [0.2, 0.25) is 0 Å². The van der Waals surface area contributed by atoms with Crippen LogP contribution in [0.25, 0.3) is 10.6 Å². The van der Waals surface area contributed by atoms with Crippen LogP contribution in [0, 0.1) is 5.82 Å². The maximum atomic E-state index is 13.8. The third-order valence-electron chi connectivity index (χ3n) is 5.28. The van der Waals surface area contributed by atoms with Gasteiger partial charge in [-0.2, -0.15) is 5.10 Å². The number of halogens is 1. The highest BCUT2D eigenvalue weighted by Crippen LogP contribution is 2.33. The lowest BCUT2D eigenvalue weighted by molar-refractivity contribution is -0.135. The van der Waals surface area contributed by atoms with Gasteiger partial charge in [-0.05, 0) is 62.9 Å². The lowest BCUT2D eigenvalue weighted by Gasteiger charge is -2.44. The predicted octanol–water partition coefficient (Wildman–Crippen LogP) is 4.08. The molecule has 0 saturated heterocycles. The Balaban J connectivity index is 1.77. The molecule has 0 spiro atoms. The van der Waals surface area contributed by atoms with Gasteiger partial charge in [-0.1, -0.05) is 18.2 Å². The van der Waals surface area contributed by atoms with Crippen molar-refractivity contribution < 1.29 is 14.0 Å². The molecule has 31 heavy (non-hydrogen) atoms. The van der Waals surface area contributed by atoms with Crippen LogP contribution in [-0.2, 0) is 17.9 Å². The second-order valence-corrected chi connectivity index (χ2v) is 10.00. The van der Waals surface area contributed by atoms with Crippen molar-refractivity contribution in [2.75, 3.05) is 0 Å². The van der Waals surface area contributed by atoms with Gasteiger partial charge in [-0.25, -0.2) is 4.39 Å². The lowest BCUT2D eigenvalue weighted by atomic mass is 9.92. The summed E-state index contributed by atoms with van der Waals surface area (Å²) in [4.78, 5) is 29.4. The summed E-state index contributed by atoms with van der Waals surface area (Å²) in [7, 11) is 0. The number of amides is 2. The molecular weight excluding hydrogens is 415 g/mol. The van der Waals surface area contributed by atoms with Gasteiger partial charge < -0.3 is 10.2 Å². The summed E-state index contributed by atoms with van der Waals surface area (Å²) in [5.41, 5.74) is 0.0720. The smallest absolute Gasteiger partial charge is 0.273 e. The summed E-state index contributed by atoms with van der Waals surface area (Å²) in [6.07, 6.45) is 0. The molecule has 4 rings (SSSR count). The molecule has 1 atom stereocenters. The zero-order valence-corrected chi connectivity index (χ0v) is 18.8. The summed E-state index contributed by atoms with van der Waals surface area (Å²) in [6, 6.07) is 11.7. The van der Waals surface area contributed by atoms with Gasteiger partial charge in [0.05, 0.1) is 11.4 Å². The van der Waals surface area contributed by atoms with Crippen molar-refractivity contribution >= 4 is 23.2 Å². The first kappa shape index (κ1) is 21.2. The monoisotopic (exact) mass is 440 g/mol. The third-order valence-corrected chi connectivity index (χ3v) is 6.17. The van der Waals surface area contributed by atoms with E-state index in [1.54, 1.807) is 29.8 Å². The van der Waals surface area contributed by atoms with E-state index >= 15 is 0 Å². The van der Waals surface area contributed by atoms with Crippen LogP contribution >= 0.6 is 11.3 Å². The Morgan fingerprint density at radius 3 is 2.68 bits per heavy atom. The number of carbonyl (C=O) groups excluding carboxylic acids is 2. The molecule has 1 aliphatic heterocycles. The highest BCUT2D eigenvalue weighted by atomic mass is 32.1. The van der Waals surface area contributed by atoms with Gasteiger partial charge in [0, 0.05) is 12.1 Å². The van der Waals surface area contributed by atoms with Crippen molar-refractivity contribution in [2.24, 2.45) is 0 Å². The highest BCUT2D eigenvalue weighted by Gasteiger charge is 2.48. The largest absolute Gasteiger partial charge is 0.349 e. The number of nitrogens with one attached hydrogen (secondary N) is 1. The average molecular weight is 441 g/mol. The zero-order valence-electron chi connectivity index (χ0n) is 18.0. The fourth-order valence-corrected chi connectivity index (χ4v) is 4.41. The van der Waals surface area contributed by atoms with Crippen LogP contribution in [0.3, 0.4) is 0 Å². The minimum absolute atomic E-state index is 0.115. The Bertz CT molecular complexity index is 1130. The Morgan fingerprint density at radius 1 is 1.26 bits per heavy atom. The number of benzene rings is 1. The van der Waals surface area contributed by atoms with Crippen molar-refractivity contribution in [3.8, 4) is 10.6 Å². The number of thiophene rings is 1. The standard InChI is InChI=1S/C23H25FN4O2S/c1-22(2,3)25-21(30)23(4)14-28-18(12-17(26-28)19-9-6-10-31-19)20(29)27(23)13-15-7-5-8-16(24)11-15/h5-12H,13-14H2,1-4H3,(H,25,30).